The van der Waals surface area contributed by atoms with Crippen LogP contribution in [0.4, 0.5) is 10.2 Å². The van der Waals surface area contributed by atoms with Crippen LogP contribution in [-0.4, -0.2) is 15.0 Å². The lowest BCUT2D eigenvalue weighted by Gasteiger charge is -2.03. The molecule has 0 fully saturated rings. The molecule has 0 aliphatic carbocycles. The summed E-state index contributed by atoms with van der Waals surface area (Å²) in [7, 11) is 0. The Labute approximate surface area is 106 Å². The van der Waals surface area contributed by atoms with Crippen molar-refractivity contribution in [3.8, 4) is 11.5 Å². The van der Waals surface area contributed by atoms with Crippen molar-refractivity contribution in [1.29, 1.82) is 0 Å². The Morgan fingerprint density at radius 3 is 2.78 bits per heavy atom. The summed E-state index contributed by atoms with van der Waals surface area (Å²) in [5, 5.41) is 3.42. The van der Waals surface area contributed by atoms with E-state index in [1.807, 2.05) is 12.3 Å². The predicted molar refractivity (Wildman–Crippen MR) is 69.8 cm³/mol. The van der Waals surface area contributed by atoms with Crippen LogP contribution >= 0.6 is 11.3 Å². The van der Waals surface area contributed by atoms with Gasteiger partial charge >= 0.3 is 0 Å². The van der Waals surface area contributed by atoms with Crippen LogP contribution in [0.3, 0.4) is 0 Å². The van der Waals surface area contributed by atoms with E-state index in [-0.39, 0.29) is 5.82 Å². The first-order valence-electron chi connectivity index (χ1n) is 5.29. The van der Waals surface area contributed by atoms with Crippen molar-refractivity contribution in [2.24, 2.45) is 0 Å². The molecule has 0 saturated carbocycles. The summed E-state index contributed by atoms with van der Waals surface area (Å²) in [5.41, 5.74) is 7.00. The quantitative estimate of drug-likeness (QED) is 0.730. The number of halogens is 1. The highest BCUT2D eigenvalue weighted by atomic mass is 32.1. The van der Waals surface area contributed by atoms with E-state index in [1.54, 1.807) is 6.07 Å². The summed E-state index contributed by atoms with van der Waals surface area (Å²) in [4.78, 5) is 12.8. The second-order valence-electron chi connectivity index (χ2n) is 3.85. The number of anilines is 1. The number of benzene rings is 1. The van der Waals surface area contributed by atoms with Gasteiger partial charge in [0.2, 0.25) is 0 Å². The van der Waals surface area contributed by atoms with Crippen molar-refractivity contribution < 1.29 is 4.39 Å². The third kappa shape index (κ3) is 1.80. The van der Waals surface area contributed by atoms with E-state index in [4.69, 9.17) is 5.73 Å². The summed E-state index contributed by atoms with van der Waals surface area (Å²) >= 11 is 1.51. The van der Waals surface area contributed by atoms with Crippen molar-refractivity contribution >= 4 is 28.1 Å². The lowest BCUT2D eigenvalue weighted by atomic mass is 10.2. The zero-order valence-corrected chi connectivity index (χ0v) is 10.3. The summed E-state index contributed by atoms with van der Waals surface area (Å²) in [5.74, 6) is 0.414. The standard InChI is InChI=1S/C12H9FN4S/c1-6-15-10(5-18-6)12-16-9-4-7(13)2-3-8(9)11(14)17-12/h2-5H,1H3,(H2,14,16,17). The number of nitrogen functional groups attached to an aromatic ring is 1. The first kappa shape index (κ1) is 11.0. The zero-order chi connectivity index (χ0) is 12.7. The van der Waals surface area contributed by atoms with Gasteiger partial charge in [-0.1, -0.05) is 0 Å². The Morgan fingerprint density at radius 1 is 1.22 bits per heavy atom. The fourth-order valence-electron chi connectivity index (χ4n) is 1.71. The molecule has 0 unspecified atom stereocenters. The number of nitrogens with two attached hydrogens (primary N) is 1. The molecule has 6 heteroatoms. The molecule has 2 heterocycles. The number of aryl methyl sites for hydroxylation is 1. The number of nitrogens with zero attached hydrogens (tertiary/aromatic N) is 3. The number of rotatable bonds is 1. The highest BCUT2D eigenvalue weighted by Gasteiger charge is 2.10. The fourth-order valence-corrected chi connectivity index (χ4v) is 2.30. The SMILES string of the molecule is Cc1nc(-c2nc(N)c3ccc(F)cc3n2)cs1. The molecule has 0 spiro atoms. The van der Waals surface area contributed by atoms with Crippen LogP contribution in [-0.2, 0) is 0 Å². The molecular formula is C12H9FN4S. The Morgan fingerprint density at radius 2 is 2.06 bits per heavy atom. The van der Waals surface area contributed by atoms with E-state index < -0.39 is 0 Å². The van der Waals surface area contributed by atoms with Gasteiger partial charge in [-0.25, -0.2) is 19.3 Å². The van der Waals surface area contributed by atoms with Crippen LogP contribution in [0, 0.1) is 12.7 Å². The zero-order valence-electron chi connectivity index (χ0n) is 9.51. The first-order chi connectivity index (χ1) is 8.63. The molecule has 0 radical (unpaired) electrons. The Bertz CT molecular complexity index is 738. The molecular weight excluding hydrogens is 251 g/mol. The smallest absolute Gasteiger partial charge is 0.181 e. The minimum atomic E-state index is -0.346. The van der Waals surface area contributed by atoms with Gasteiger partial charge in [-0.05, 0) is 19.1 Å². The van der Waals surface area contributed by atoms with Crippen LogP contribution in [0.15, 0.2) is 23.6 Å². The molecule has 2 N–H and O–H groups in total. The lowest BCUT2D eigenvalue weighted by Crippen LogP contribution is -1.98. The molecule has 0 saturated heterocycles. The van der Waals surface area contributed by atoms with Crippen LogP contribution in [0.2, 0.25) is 0 Å². The van der Waals surface area contributed by atoms with Gasteiger partial charge in [0, 0.05) is 16.8 Å². The van der Waals surface area contributed by atoms with Crippen LogP contribution < -0.4 is 5.73 Å². The minimum Gasteiger partial charge on any atom is -0.383 e. The van der Waals surface area contributed by atoms with Gasteiger partial charge in [0.1, 0.15) is 17.3 Å². The Balaban J connectivity index is 2.26. The summed E-state index contributed by atoms with van der Waals surface area (Å²) < 4.78 is 13.2. The molecule has 0 bridgehead atoms. The molecule has 18 heavy (non-hydrogen) atoms. The minimum absolute atomic E-state index is 0.334. The molecule has 0 aliphatic heterocycles. The van der Waals surface area contributed by atoms with Gasteiger partial charge in [0.25, 0.3) is 0 Å². The molecule has 3 rings (SSSR count). The molecule has 0 aliphatic rings. The summed E-state index contributed by atoms with van der Waals surface area (Å²) in [6, 6.07) is 4.26. The van der Waals surface area contributed by atoms with Crippen molar-refractivity contribution in [2.45, 2.75) is 6.92 Å². The van der Waals surface area contributed by atoms with Crippen LogP contribution in [0.25, 0.3) is 22.4 Å². The summed E-state index contributed by atoms with van der Waals surface area (Å²) in [6.45, 7) is 1.90. The molecule has 2 aromatic heterocycles. The Kier molecular flexibility index (Phi) is 2.45. The largest absolute Gasteiger partial charge is 0.383 e. The number of hydrogen-bond acceptors (Lipinski definition) is 5. The average molecular weight is 260 g/mol. The highest BCUT2D eigenvalue weighted by molar-refractivity contribution is 7.09. The fraction of sp³-hybridized carbons (Fsp3) is 0.0833. The second-order valence-corrected chi connectivity index (χ2v) is 4.91. The second kappa shape index (κ2) is 3.99. The van der Waals surface area contributed by atoms with Gasteiger partial charge in [-0.15, -0.1) is 11.3 Å². The number of aromatic nitrogens is 3. The Hall–Kier alpha value is -2.08. The van der Waals surface area contributed by atoms with Gasteiger partial charge in [0.15, 0.2) is 5.82 Å². The topological polar surface area (TPSA) is 64.7 Å². The van der Waals surface area contributed by atoms with E-state index in [9.17, 15) is 4.39 Å². The van der Waals surface area contributed by atoms with Crippen molar-refractivity contribution in [2.75, 3.05) is 5.73 Å². The van der Waals surface area contributed by atoms with E-state index in [0.29, 0.717) is 28.2 Å². The maximum Gasteiger partial charge on any atom is 0.181 e. The van der Waals surface area contributed by atoms with E-state index >= 15 is 0 Å². The van der Waals surface area contributed by atoms with Crippen molar-refractivity contribution in [1.82, 2.24) is 15.0 Å². The van der Waals surface area contributed by atoms with E-state index in [2.05, 4.69) is 15.0 Å². The predicted octanol–water partition coefficient (Wildman–Crippen LogP) is 2.78. The monoisotopic (exact) mass is 260 g/mol. The highest BCUT2D eigenvalue weighted by Crippen LogP contribution is 2.24. The first-order valence-corrected chi connectivity index (χ1v) is 6.17. The third-order valence-electron chi connectivity index (χ3n) is 2.54. The maximum atomic E-state index is 13.2. The molecule has 3 aromatic rings. The van der Waals surface area contributed by atoms with Crippen LogP contribution in [0.1, 0.15) is 5.01 Å². The van der Waals surface area contributed by atoms with E-state index in [1.165, 1.54) is 23.5 Å². The maximum absolute atomic E-state index is 13.2. The molecule has 0 amide bonds. The van der Waals surface area contributed by atoms with Gasteiger partial charge < -0.3 is 5.73 Å². The normalized spacial score (nSPS) is 11.0. The number of hydrogen-bond donors (Lipinski definition) is 1. The molecule has 1 aromatic carbocycles. The molecule has 0 atom stereocenters. The van der Waals surface area contributed by atoms with Crippen molar-refractivity contribution in [3.05, 3.63) is 34.4 Å². The third-order valence-corrected chi connectivity index (χ3v) is 3.31. The number of fused-ring (bicyclic) bond motifs is 1. The van der Waals surface area contributed by atoms with Gasteiger partial charge in [-0.3, -0.25) is 0 Å². The number of thiazole rings is 1. The molecule has 4 nitrogen and oxygen atoms in total. The lowest BCUT2D eigenvalue weighted by molar-refractivity contribution is 0.629. The van der Waals surface area contributed by atoms with E-state index in [0.717, 1.165) is 5.01 Å². The van der Waals surface area contributed by atoms with Gasteiger partial charge in [-0.2, -0.15) is 0 Å². The molecule has 90 valence electrons. The van der Waals surface area contributed by atoms with Crippen molar-refractivity contribution in [3.63, 3.8) is 0 Å². The van der Waals surface area contributed by atoms with Crippen LogP contribution in [0.5, 0.6) is 0 Å². The average Bonchev–Trinajstić information content (AvgIpc) is 2.75. The van der Waals surface area contributed by atoms with Gasteiger partial charge in [0.05, 0.1) is 10.5 Å². The summed E-state index contributed by atoms with van der Waals surface area (Å²) in [6.07, 6.45) is 0.